The van der Waals surface area contributed by atoms with Crippen molar-refractivity contribution < 1.29 is 0 Å². The molecule has 0 heterocycles. The number of aryl methyl sites for hydroxylation is 1. The van der Waals surface area contributed by atoms with Gasteiger partial charge in [0.05, 0.1) is 0 Å². The molecule has 1 unspecified atom stereocenters. The molecule has 43 heavy (non-hydrogen) atoms. The van der Waals surface area contributed by atoms with E-state index in [1.807, 2.05) is 0 Å². The second-order valence-corrected chi connectivity index (χ2v) is 17.1. The first kappa shape index (κ1) is 29.2. The average Bonchev–Trinajstić information content (AvgIpc) is 3.07. The zero-order chi connectivity index (χ0) is 29.0. The minimum absolute atomic E-state index is 0.0347. The van der Waals surface area contributed by atoms with Crippen LogP contribution in [0, 0.1) is 6.92 Å². The van der Waals surface area contributed by atoms with Crippen LogP contribution in [0.3, 0.4) is 0 Å². The van der Waals surface area contributed by atoms with Gasteiger partial charge in [-0.15, -0.1) is 0 Å². The summed E-state index contributed by atoms with van der Waals surface area (Å²) < 4.78 is 0. The molecular formula is C41H46P2. The standard InChI is InChI=1S/C41H46P2/c1-30-14-8-13-23-39(30)42-28-33-26-24-31-15-9-11-21-37(31)40(33)41-34(27-25-32-16-10-12-22-38(32)41)29-43(35-17-4-2-5-18-35)36-19-6-3-7-20-36/h8-16,21-27,35-36,42H,2-7,17-20,28-29H2,1H3. The summed E-state index contributed by atoms with van der Waals surface area (Å²) in [6.45, 7) is 2.27. The minimum Gasteiger partial charge on any atom is -0.0958 e. The molecule has 2 fully saturated rings. The van der Waals surface area contributed by atoms with Gasteiger partial charge in [0.2, 0.25) is 0 Å². The van der Waals surface area contributed by atoms with E-state index in [2.05, 4.69) is 104 Å². The molecule has 5 aromatic carbocycles. The van der Waals surface area contributed by atoms with E-state index in [0.29, 0.717) is 0 Å². The van der Waals surface area contributed by atoms with Gasteiger partial charge in [0.1, 0.15) is 0 Å². The van der Waals surface area contributed by atoms with Crippen molar-refractivity contribution >= 4 is 43.4 Å². The van der Waals surface area contributed by atoms with Gasteiger partial charge in [-0.3, -0.25) is 0 Å². The molecule has 5 aromatic rings. The second kappa shape index (κ2) is 13.6. The van der Waals surface area contributed by atoms with Crippen molar-refractivity contribution in [2.24, 2.45) is 0 Å². The highest BCUT2D eigenvalue weighted by Gasteiger charge is 2.32. The molecule has 0 aliphatic heterocycles. The summed E-state index contributed by atoms with van der Waals surface area (Å²) in [5.74, 6) is 0. The molecule has 2 aliphatic carbocycles. The molecule has 0 bridgehead atoms. The van der Waals surface area contributed by atoms with Crippen LogP contribution in [0.15, 0.2) is 97.1 Å². The minimum atomic E-state index is -0.0347. The van der Waals surface area contributed by atoms with Crippen LogP contribution in [0.5, 0.6) is 0 Å². The summed E-state index contributed by atoms with van der Waals surface area (Å²) in [6, 6.07) is 37.2. The Morgan fingerprint density at radius 3 is 1.67 bits per heavy atom. The number of hydrogen-bond donors (Lipinski definition) is 0. The maximum absolute atomic E-state index is 2.55. The van der Waals surface area contributed by atoms with Crippen molar-refractivity contribution in [2.75, 3.05) is 0 Å². The van der Waals surface area contributed by atoms with Gasteiger partial charge >= 0.3 is 0 Å². The van der Waals surface area contributed by atoms with Crippen LogP contribution >= 0.6 is 16.5 Å². The van der Waals surface area contributed by atoms with Crippen molar-refractivity contribution in [3.63, 3.8) is 0 Å². The SMILES string of the molecule is Cc1ccccc1PCc1ccc2ccccc2c1-c1c(CP(C2CCCCC2)C2CCCCC2)ccc2ccccc12. The van der Waals surface area contributed by atoms with E-state index in [-0.39, 0.29) is 7.92 Å². The normalized spacial score (nSPS) is 17.1. The lowest BCUT2D eigenvalue weighted by atomic mass is 9.88. The zero-order valence-corrected chi connectivity index (χ0v) is 27.7. The van der Waals surface area contributed by atoms with Crippen molar-refractivity contribution in [1.82, 2.24) is 0 Å². The maximum atomic E-state index is 2.55. The van der Waals surface area contributed by atoms with Crippen LogP contribution in [0.1, 0.15) is 80.9 Å². The van der Waals surface area contributed by atoms with E-state index < -0.39 is 0 Å². The smallest absolute Gasteiger partial charge is 0.00537 e. The zero-order valence-electron chi connectivity index (χ0n) is 25.8. The Labute approximate surface area is 262 Å². The van der Waals surface area contributed by atoms with Crippen LogP contribution < -0.4 is 5.30 Å². The van der Waals surface area contributed by atoms with E-state index in [1.54, 1.807) is 11.1 Å². The van der Waals surface area contributed by atoms with Crippen LogP contribution in [-0.2, 0) is 12.3 Å². The number of hydrogen-bond acceptors (Lipinski definition) is 0. The fourth-order valence-electron chi connectivity index (χ4n) is 8.04. The first-order valence-corrected chi connectivity index (χ1v) is 19.7. The Morgan fingerprint density at radius 2 is 1.07 bits per heavy atom. The van der Waals surface area contributed by atoms with E-state index in [4.69, 9.17) is 0 Å². The predicted octanol–water partition coefficient (Wildman–Crippen LogP) is 12.1. The van der Waals surface area contributed by atoms with E-state index >= 15 is 0 Å². The summed E-state index contributed by atoms with van der Waals surface area (Å²) in [7, 11) is 0.739. The summed E-state index contributed by atoms with van der Waals surface area (Å²) in [4.78, 5) is 0. The van der Waals surface area contributed by atoms with Crippen molar-refractivity contribution in [3.8, 4) is 11.1 Å². The molecule has 7 rings (SSSR count). The second-order valence-electron chi connectivity index (χ2n) is 13.1. The largest absolute Gasteiger partial charge is 0.0958 e. The molecule has 0 N–H and O–H groups in total. The summed E-state index contributed by atoms with van der Waals surface area (Å²) in [6.07, 6.45) is 17.0. The maximum Gasteiger partial charge on any atom is -0.00537 e. The summed E-state index contributed by atoms with van der Waals surface area (Å²) in [5, 5.41) is 7.10. The van der Waals surface area contributed by atoms with Crippen LogP contribution in [-0.4, -0.2) is 11.3 Å². The van der Waals surface area contributed by atoms with Gasteiger partial charge in [-0.1, -0.05) is 152 Å². The third-order valence-electron chi connectivity index (χ3n) is 10.3. The molecule has 1 atom stereocenters. The molecule has 2 saturated carbocycles. The predicted molar refractivity (Wildman–Crippen MR) is 194 cm³/mol. The summed E-state index contributed by atoms with van der Waals surface area (Å²) >= 11 is 0. The lowest BCUT2D eigenvalue weighted by molar-refractivity contribution is 0.484. The van der Waals surface area contributed by atoms with Gasteiger partial charge in [-0.2, -0.15) is 0 Å². The fraction of sp³-hybridized carbons (Fsp3) is 0.366. The number of rotatable bonds is 8. The first-order chi connectivity index (χ1) is 21.3. The topological polar surface area (TPSA) is 0 Å². The molecule has 0 radical (unpaired) electrons. The Bertz CT molecular complexity index is 1670. The highest BCUT2D eigenvalue weighted by atomic mass is 31.1. The lowest BCUT2D eigenvalue weighted by Gasteiger charge is -2.39. The van der Waals surface area contributed by atoms with Gasteiger partial charge < -0.3 is 0 Å². The molecule has 2 heteroatoms. The van der Waals surface area contributed by atoms with Gasteiger partial charge in [-0.25, -0.2) is 0 Å². The van der Waals surface area contributed by atoms with Crippen LogP contribution in [0.2, 0.25) is 0 Å². The number of fused-ring (bicyclic) bond motifs is 2. The molecule has 0 saturated heterocycles. The van der Waals surface area contributed by atoms with Gasteiger partial charge in [0, 0.05) is 0 Å². The quantitative estimate of drug-likeness (QED) is 0.155. The van der Waals surface area contributed by atoms with Crippen LogP contribution in [0.25, 0.3) is 32.7 Å². The van der Waals surface area contributed by atoms with Crippen molar-refractivity contribution in [3.05, 3.63) is 114 Å². The van der Waals surface area contributed by atoms with E-state index in [9.17, 15) is 0 Å². The first-order valence-electron chi connectivity index (χ1n) is 16.8. The van der Waals surface area contributed by atoms with Crippen LogP contribution in [0.4, 0.5) is 0 Å². The Morgan fingerprint density at radius 1 is 0.558 bits per heavy atom. The Kier molecular flexibility index (Phi) is 9.26. The Balaban J connectivity index is 1.39. The molecule has 0 spiro atoms. The number of benzene rings is 5. The molecule has 220 valence electrons. The van der Waals surface area contributed by atoms with Gasteiger partial charge in [-0.05, 0) is 111 Å². The molecular weight excluding hydrogens is 554 g/mol. The van der Waals surface area contributed by atoms with Crippen molar-refractivity contribution in [1.29, 1.82) is 0 Å². The Hall–Kier alpha value is -2.52. The average molecular weight is 601 g/mol. The highest BCUT2D eigenvalue weighted by molar-refractivity contribution is 7.58. The molecule has 0 aromatic heterocycles. The van der Waals surface area contributed by atoms with Gasteiger partial charge in [0.25, 0.3) is 0 Å². The molecule has 0 nitrogen and oxygen atoms in total. The van der Waals surface area contributed by atoms with E-state index in [1.165, 1.54) is 114 Å². The monoisotopic (exact) mass is 600 g/mol. The molecule has 0 amide bonds. The van der Waals surface area contributed by atoms with E-state index in [0.717, 1.165) is 26.1 Å². The summed E-state index contributed by atoms with van der Waals surface area (Å²) in [5.41, 5.74) is 9.52. The molecule has 2 aliphatic rings. The van der Waals surface area contributed by atoms with Gasteiger partial charge in [0.15, 0.2) is 0 Å². The van der Waals surface area contributed by atoms with Crippen molar-refractivity contribution in [2.45, 2.75) is 94.8 Å². The highest BCUT2D eigenvalue weighted by Crippen LogP contribution is 2.59. The third kappa shape index (κ3) is 6.35. The third-order valence-corrected chi connectivity index (χ3v) is 15.4. The fourth-order valence-corrected chi connectivity index (χ4v) is 13.1. The lowest BCUT2D eigenvalue weighted by Crippen LogP contribution is -2.21.